The van der Waals surface area contributed by atoms with Crippen molar-refractivity contribution in [3.05, 3.63) is 29.2 Å². The van der Waals surface area contributed by atoms with Crippen molar-refractivity contribution in [2.45, 2.75) is 77.6 Å². The molecule has 152 valence electrons. The molecule has 0 aromatic carbocycles. The van der Waals surface area contributed by atoms with Crippen LogP contribution in [0.15, 0.2) is 12.1 Å². The second-order valence-corrected chi connectivity index (χ2v) is 8.64. The molecule has 0 radical (unpaired) electrons. The molecule has 0 unspecified atom stereocenters. The van der Waals surface area contributed by atoms with Crippen molar-refractivity contribution in [2.75, 3.05) is 13.2 Å². The number of hydrogen-bond acceptors (Lipinski definition) is 4. The molecule has 0 N–H and O–H groups in total. The van der Waals surface area contributed by atoms with E-state index in [2.05, 4.69) is 25.0 Å². The van der Waals surface area contributed by atoms with Gasteiger partial charge in [0, 0.05) is 24.0 Å². The summed E-state index contributed by atoms with van der Waals surface area (Å²) in [4.78, 5) is 23.4. The first-order chi connectivity index (χ1) is 13.6. The topological polar surface area (TPSA) is 59.7 Å². The van der Waals surface area contributed by atoms with Crippen LogP contribution in [0.1, 0.15) is 93.0 Å². The second-order valence-electron chi connectivity index (χ2n) is 8.64. The van der Waals surface area contributed by atoms with E-state index in [0.717, 1.165) is 48.6 Å². The third-order valence-corrected chi connectivity index (χ3v) is 6.02. The number of hydroxylamine groups is 2. The van der Waals surface area contributed by atoms with Gasteiger partial charge in [0.25, 0.3) is 5.91 Å². The fourth-order valence-corrected chi connectivity index (χ4v) is 4.42. The van der Waals surface area contributed by atoms with Crippen molar-refractivity contribution in [1.82, 2.24) is 19.7 Å². The molecule has 2 aliphatic rings. The van der Waals surface area contributed by atoms with Crippen LogP contribution in [0.3, 0.4) is 0 Å². The molecule has 0 bridgehead atoms. The van der Waals surface area contributed by atoms with Crippen LogP contribution in [0, 0.1) is 5.92 Å². The number of carbonyl (C=O) groups excluding carboxylic acids is 1. The molecule has 0 atom stereocenters. The number of carbonyl (C=O) groups is 1. The van der Waals surface area contributed by atoms with Crippen molar-refractivity contribution in [3.8, 4) is 0 Å². The van der Waals surface area contributed by atoms with E-state index in [4.69, 9.17) is 9.82 Å². The van der Waals surface area contributed by atoms with Crippen LogP contribution in [0.5, 0.6) is 0 Å². The molecule has 2 fully saturated rings. The highest BCUT2D eigenvalue weighted by atomic mass is 16.7. The van der Waals surface area contributed by atoms with Crippen LogP contribution in [0.4, 0.5) is 0 Å². The lowest BCUT2D eigenvalue weighted by Crippen LogP contribution is -2.31. The quantitative estimate of drug-likeness (QED) is 0.777. The molecule has 28 heavy (non-hydrogen) atoms. The van der Waals surface area contributed by atoms with E-state index in [1.165, 1.54) is 37.2 Å². The Bertz CT molecular complexity index is 815. The third-order valence-electron chi connectivity index (χ3n) is 6.02. The maximum Gasteiger partial charge on any atom is 0.297 e. The fraction of sp³-hybridized carbons (Fsp3) is 0.682. The number of aromatic nitrogens is 3. The summed E-state index contributed by atoms with van der Waals surface area (Å²) in [5.41, 5.74) is 3.45. The van der Waals surface area contributed by atoms with Gasteiger partial charge in [-0.05, 0) is 43.6 Å². The smallest absolute Gasteiger partial charge is 0.271 e. The van der Waals surface area contributed by atoms with Crippen LogP contribution in [0.2, 0.25) is 0 Å². The molecule has 2 aromatic heterocycles. The molecule has 1 amide bonds. The van der Waals surface area contributed by atoms with Crippen molar-refractivity contribution >= 4 is 11.6 Å². The first-order valence-electron chi connectivity index (χ1n) is 11.0. The Morgan fingerprint density at radius 2 is 1.93 bits per heavy atom. The van der Waals surface area contributed by atoms with E-state index >= 15 is 0 Å². The number of rotatable bonds is 4. The van der Waals surface area contributed by atoms with Gasteiger partial charge in [-0.25, -0.2) is 14.6 Å². The van der Waals surface area contributed by atoms with Crippen LogP contribution in [-0.2, 0) is 11.3 Å². The minimum absolute atomic E-state index is 0.157. The van der Waals surface area contributed by atoms with Crippen molar-refractivity contribution in [2.24, 2.45) is 5.92 Å². The SMILES string of the molecule is CC(C)c1cc(CC2CCCCC2)nc2cc(C(=O)N3CCCCCO3)nn12. The highest BCUT2D eigenvalue weighted by Gasteiger charge is 2.23. The monoisotopic (exact) mass is 384 g/mol. The minimum Gasteiger partial charge on any atom is -0.271 e. The molecule has 6 nitrogen and oxygen atoms in total. The van der Waals surface area contributed by atoms with Crippen molar-refractivity contribution in [3.63, 3.8) is 0 Å². The predicted molar refractivity (Wildman–Crippen MR) is 108 cm³/mol. The Balaban J connectivity index is 1.63. The zero-order valence-corrected chi connectivity index (χ0v) is 17.2. The number of fused-ring (bicyclic) bond motifs is 1. The van der Waals surface area contributed by atoms with Crippen LogP contribution in [0.25, 0.3) is 5.65 Å². The van der Waals surface area contributed by atoms with Gasteiger partial charge in [0.1, 0.15) is 0 Å². The van der Waals surface area contributed by atoms with E-state index in [9.17, 15) is 4.79 Å². The van der Waals surface area contributed by atoms with Gasteiger partial charge in [-0.2, -0.15) is 5.10 Å². The molecule has 1 aliphatic carbocycles. The van der Waals surface area contributed by atoms with Crippen LogP contribution in [-0.4, -0.2) is 38.7 Å². The first kappa shape index (κ1) is 19.4. The molecule has 1 saturated heterocycles. The molecular weight excluding hydrogens is 352 g/mol. The average molecular weight is 385 g/mol. The lowest BCUT2D eigenvalue weighted by atomic mass is 9.86. The number of hydrogen-bond donors (Lipinski definition) is 0. The normalized spacial score (nSPS) is 19.3. The molecule has 2 aromatic rings. The summed E-state index contributed by atoms with van der Waals surface area (Å²) in [6.45, 7) is 5.56. The Morgan fingerprint density at radius 1 is 1.14 bits per heavy atom. The maximum atomic E-state index is 12.9. The van der Waals surface area contributed by atoms with Gasteiger partial charge in [-0.1, -0.05) is 46.0 Å². The summed E-state index contributed by atoms with van der Waals surface area (Å²) >= 11 is 0. The fourth-order valence-electron chi connectivity index (χ4n) is 4.42. The van der Waals surface area contributed by atoms with Gasteiger partial charge in [-0.15, -0.1) is 0 Å². The van der Waals surface area contributed by atoms with Gasteiger partial charge in [0.05, 0.1) is 6.61 Å². The zero-order chi connectivity index (χ0) is 19.5. The summed E-state index contributed by atoms with van der Waals surface area (Å²) in [7, 11) is 0. The molecule has 1 aliphatic heterocycles. The van der Waals surface area contributed by atoms with Gasteiger partial charge < -0.3 is 0 Å². The summed E-state index contributed by atoms with van der Waals surface area (Å²) in [5.74, 6) is 0.891. The first-order valence-corrected chi connectivity index (χ1v) is 11.0. The zero-order valence-electron chi connectivity index (χ0n) is 17.2. The lowest BCUT2D eigenvalue weighted by Gasteiger charge is -2.21. The second kappa shape index (κ2) is 8.60. The molecule has 6 heteroatoms. The largest absolute Gasteiger partial charge is 0.297 e. The third kappa shape index (κ3) is 4.22. The van der Waals surface area contributed by atoms with E-state index in [-0.39, 0.29) is 5.91 Å². The maximum absolute atomic E-state index is 12.9. The van der Waals surface area contributed by atoms with Gasteiger partial charge >= 0.3 is 0 Å². The van der Waals surface area contributed by atoms with E-state index < -0.39 is 0 Å². The van der Waals surface area contributed by atoms with Crippen LogP contribution >= 0.6 is 0 Å². The standard InChI is InChI=1S/C22H32N4O2/c1-16(2)20-14-18(13-17-9-5-3-6-10-17)23-21-15-19(24-26(20)21)22(27)25-11-7-4-8-12-28-25/h14-17H,3-13H2,1-2H3. The summed E-state index contributed by atoms with van der Waals surface area (Å²) in [6.07, 6.45) is 10.7. The van der Waals surface area contributed by atoms with Crippen molar-refractivity contribution in [1.29, 1.82) is 0 Å². The summed E-state index contributed by atoms with van der Waals surface area (Å²) in [5, 5.41) is 6.09. The number of amides is 1. The molecule has 1 saturated carbocycles. The molecule has 0 spiro atoms. The average Bonchev–Trinajstić information content (AvgIpc) is 2.93. The Kier molecular flexibility index (Phi) is 5.95. The Morgan fingerprint density at radius 3 is 2.71 bits per heavy atom. The lowest BCUT2D eigenvalue weighted by molar-refractivity contribution is -0.116. The summed E-state index contributed by atoms with van der Waals surface area (Å²) in [6, 6.07) is 4.02. The van der Waals surface area contributed by atoms with Gasteiger partial charge in [-0.3, -0.25) is 9.63 Å². The summed E-state index contributed by atoms with van der Waals surface area (Å²) < 4.78 is 1.85. The highest BCUT2D eigenvalue weighted by Crippen LogP contribution is 2.28. The Hall–Kier alpha value is -1.95. The van der Waals surface area contributed by atoms with E-state index in [1.54, 1.807) is 0 Å². The predicted octanol–water partition coefficient (Wildman–Crippen LogP) is 4.53. The minimum atomic E-state index is -0.157. The van der Waals surface area contributed by atoms with Crippen LogP contribution < -0.4 is 0 Å². The molecule has 3 heterocycles. The highest BCUT2D eigenvalue weighted by molar-refractivity contribution is 5.92. The van der Waals surface area contributed by atoms with Gasteiger partial charge in [0.15, 0.2) is 11.3 Å². The molecule has 4 rings (SSSR count). The van der Waals surface area contributed by atoms with Crippen molar-refractivity contribution < 1.29 is 9.63 Å². The number of nitrogens with zero attached hydrogens (tertiary/aromatic N) is 4. The molecular formula is C22H32N4O2. The van der Waals surface area contributed by atoms with E-state index in [1.807, 2.05) is 10.6 Å². The van der Waals surface area contributed by atoms with Gasteiger partial charge in [0.2, 0.25) is 0 Å². The van der Waals surface area contributed by atoms with E-state index in [0.29, 0.717) is 24.8 Å². The Labute approximate surface area is 167 Å².